The maximum Gasteiger partial charge on any atom is 0.416 e. The lowest BCUT2D eigenvalue weighted by Crippen LogP contribution is -2.38. The van der Waals surface area contributed by atoms with Gasteiger partial charge in [0.05, 0.1) is 38.2 Å². The molecule has 1 saturated heterocycles. The van der Waals surface area contributed by atoms with Crippen LogP contribution in [0, 0.1) is 0 Å². The largest absolute Gasteiger partial charge is 0.416 e. The van der Waals surface area contributed by atoms with Gasteiger partial charge in [-0.2, -0.15) is 13.2 Å². The Bertz CT molecular complexity index is 591. The standard InChI is InChI=1S/C16H23F3NO4P/c1-2-23-25(21,24-11-8-20-6-9-22-10-7-20)13-14-4-3-5-15(12-14)16(17,18)19/h3-5,12H,2,6-11,13H2,1H3. The van der Waals surface area contributed by atoms with Crippen molar-refractivity contribution < 1.29 is 31.5 Å². The normalized spacial score (nSPS) is 18.9. The Balaban J connectivity index is 1.97. The van der Waals surface area contributed by atoms with Gasteiger partial charge in [0.1, 0.15) is 0 Å². The van der Waals surface area contributed by atoms with Crippen LogP contribution in [0.15, 0.2) is 24.3 Å². The molecule has 1 heterocycles. The highest BCUT2D eigenvalue weighted by atomic mass is 31.2. The van der Waals surface area contributed by atoms with Crippen LogP contribution in [-0.2, 0) is 30.7 Å². The molecule has 9 heteroatoms. The summed E-state index contributed by atoms with van der Waals surface area (Å²) < 4.78 is 67.2. The molecule has 0 saturated carbocycles. The number of nitrogens with zero attached hydrogens (tertiary/aromatic N) is 1. The van der Waals surface area contributed by atoms with Gasteiger partial charge in [-0.05, 0) is 18.6 Å². The summed E-state index contributed by atoms with van der Waals surface area (Å²) in [6.45, 7) is 5.43. The first kappa shape index (κ1) is 20.4. The Morgan fingerprint density at radius 2 is 1.96 bits per heavy atom. The van der Waals surface area contributed by atoms with E-state index in [9.17, 15) is 17.7 Å². The Kier molecular flexibility index (Phi) is 7.46. The van der Waals surface area contributed by atoms with E-state index >= 15 is 0 Å². The van der Waals surface area contributed by atoms with Crippen molar-refractivity contribution in [1.29, 1.82) is 0 Å². The third kappa shape index (κ3) is 6.72. The van der Waals surface area contributed by atoms with E-state index < -0.39 is 19.3 Å². The number of alkyl halides is 3. The molecule has 0 bridgehead atoms. The number of hydrogen-bond acceptors (Lipinski definition) is 5. The summed E-state index contributed by atoms with van der Waals surface area (Å²) in [7, 11) is -3.51. The summed E-state index contributed by atoms with van der Waals surface area (Å²) >= 11 is 0. The molecule has 0 aromatic heterocycles. The fourth-order valence-electron chi connectivity index (χ4n) is 2.53. The molecule has 142 valence electrons. The van der Waals surface area contributed by atoms with E-state index in [4.69, 9.17) is 13.8 Å². The Hall–Kier alpha value is -0.920. The van der Waals surface area contributed by atoms with Gasteiger partial charge in [0, 0.05) is 19.6 Å². The molecule has 0 amide bonds. The van der Waals surface area contributed by atoms with Gasteiger partial charge < -0.3 is 13.8 Å². The fraction of sp³-hybridized carbons (Fsp3) is 0.625. The van der Waals surface area contributed by atoms with Crippen LogP contribution >= 0.6 is 7.60 Å². The quantitative estimate of drug-likeness (QED) is 0.642. The first-order valence-corrected chi connectivity index (χ1v) is 9.89. The first-order chi connectivity index (χ1) is 11.8. The summed E-state index contributed by atoms with van der Waals surface area (Å²) in [6.07, 6.45) is -4.63. The van der Waals surface area contributed by atoms with E-state index in [0.717, 1.165) is 25.2 Å². The van der Waals surface area contributed by atoms with Gasteiger partial charge in [0.25, 0.3) is 0 Å². The zero-order chi connectivity index (χ0) is 18.3. The summed E-state index contributed by atoms with van der Waals surface area (Å²) in [5, 5.41) is 0. The average Bonchev–Trinajstić information content (AvgIpc) is 2.55. The molecule has 25 heavy (non-hydrogen) atoms. The maximum atomic E-state index is 12.8. The molecule has 1 fully saturated rings. The van der Waals surface area contributed by atoms with Crippen molar-refractivity contribution in [3.8, 4) is 0 Å². The highest BCUT2D eigenvalue weighted by Crippen LogP contribution is 2.51. The van der Waals surface area contributed by atoms with Gasteiger partial charge in [-0.15, -0.1) is 0 Å². The SMILES string of the molecule is CCOP(=O)(Cc1cccc(C(F)(F)F)c1)OCCN1CCOCC1. The second kappa shape index (κ2) is 9.14. The summed E-state index contributed by atoms with van der Waals surface area (Å²) in [4.78, 5) is 2.12. The van der Waals surface area contributed by atoms with Gasteiger partial charge in [-0.1, -0.05) is 18.2 Å². The van der Waals surface area contributed by atoms with Crippen LogP contribution in [0.1, 0.15) is 18.1 Å². The van der Waals surface area contributed by atoms with Crippen molar-refractivity contribution in [2.24, 2.45) is 0 Å². The number of hydrogen-bond donors (Lipinski definition) is 0. The monoisotopic (exact) mass is 381 g/mol. The van der Waals surface area contributed by atoms with E-state index in [2.05, 4.69) is 4.90 Å². The first-order valence-electron chi connectivity index (χ1n) is 8.17. The van der Waals surface area contributed by atoms with Crippen molar-refractivity contribution in [2.45, 2.75) is 19.3 Å². The van der Waals surface area contributed by atoms with Crippen LogP contribution in [-0.4, -0.2) is 51.0 Å². The summed E-state index contributed by atoms with van der Waals surface area (Å²) in [6, 6.07) is 4.75. The van der Waals surface area contributed by atoms with Crippen LogP contribution in [0.4, 0.5) is 13.2 Å². The van der Waals surface area contributed by atoms with Crippen LogP contribution in [0.2, 0.25) is 0 Å². The predicted molar refractivity (Wildman–Crippen MR) is 87.6 cm³/mol. The molecule has 1 aliphatic heterocycles. The number of morpholine rings is 1. The molecule has 1 aromatic carbocycles. The van der Waals surface area contributed by atoms with Crippen molar-refractivity contribution in [3.05, 3.63) is 35.4 Å². The van der Waals surface area contributed by atoms with Crippen molar-refractivity contribution in [2.75, 3.05) is 46.1 Å². The van der Waals surface area contributed by atoms with E-state index in [1.54, 1.807) is 6.92 Å². The molecule has 1 atom stereocenters. The second-order valence-corrected chi connectivity index (χ2v) is 7.73. The third-order valence-corrected chi connectivity index (χ3v) is 5.74. The minimum Gasteiger partial charge on any atom is -0.379 e. The van der Waals surface area contributed by atoms with Crippen molar-refractivity contribution in [3.63, 3.8) is 0 Å². The molecule has 0 radical (unpaired) electrons. The minimum absolute atomic E-state index is 0.161. The highest BCUT2D eigenvalue weighted by Gasteiger charge is 2.32. The molecule has 2 rings (SSSR count). The lowest BCUT2D eigenvalue weighted by molar-refractivity contribution is -0.137. The Morgan fingerprint density at radius 1 is 1.24 bits per heavy atom. The molecule has 0 aliphatic carbocycles. The third-order valence-electron chi connectivity index (χ3n) is 3.76. The van der Waals surface area contributed by atoms with E-state index in [1.807, 2.05) is 0 Å². The molecular formula is C16H23F3NO4P. The van der Waals surface area contributed by atoms with Crippen LogP contribution in [0.3, 0.4) is 0 Å². The fourth-order valence-corrected chi connectivity index (χ4v) is 4.18. The van der Waals surface area contributed by atoms with E-state index in [-0.39, 0.29) is 24.9 Å². The lowest BCUT2D eigenvalue weighted by Gasteiger charge is -2.27. The lowest BCUT2D eigenvalue weighted by atomic mass is 10.1. The number of benzene rings is 1. The number of ether oxygens (including phenoxy) is 1. The summed E-state index contributed by atoms with van der Waals surface area (Å²) in [5.74, 6) is 0. The van der Waals surface area contributed by atoms with Gasteiger partial charge in [0.15, 0.2) is 0 Å². The van der Waals surface area contributed by atoms with Crippen molar-refractivity contribution >= 4 is 7.60 Å². The van der Waals surface area contributed by atoms with Gasteiger partial charge in [-0.25, -0.2) is 0 Å². The predicted octanol–water partition coefficient (Wildman–Crippen LogP) is 3.78. The van der Waals surface area contributed by atoms with Crippen LogP contribution in [0.25, 0.3) is 0 Å². The Morgan fingerprint density at radius 3 is 2.60 bits per heavy atom. The smallest absolute Gasteiger partial charge is 0.379 e. The molecule has 1 aromatic rings. The molecule has 0 N–H and O–H groups in total. The maximum absolute atomic E-state index is 12.8. The molecular weight excluding hydrogens is 358 g/mol. The van der Waals surface area contributed by atoms with Gasteiger partial charge in [-0.3, -0.25) is 9.46 Å². The molecule has 0 spiro atoms. The number of halogens is 3. The van der Waals surface area contributed by atoms with E-state index in [0.29, 0.717) is 19.8 Å². The van der Waals surface area contributed by atoms with Gasteiger partial charge in [0.2, 0.25) is 0 Å². The molecule has 5 nitrogen and oxygen atoms in total. The average molecular weight is 381 g/mol. The second-order valence-electron chi connectivity index (χ2n) is 5.67. The molecule has 1 unspecified atom stereocenters. The van der Waals surface area contributed by atoms with Crippen LogP contribution < -0.4 is 0 Å². The minimum atomic E-state index is -4.44. The van der Waals surface area contributed by atoms with Crippen molar-refractivity contribution in [1.82, 2.24) is 4.90 Å². The summed E-state index contributed by atoms with van der Waals surface area (Å²) in [5.41, 5.74) is -0.501. The molecule has 1 aliphatic rings. The zero-order valence-corrected chi connectivity index (χ0v) is 15.0. The van der Waals surface area contributed by atoms with Gasteiger partial charge >= 0.3 is 13.8 Å². The number of rotatable bonds is 8. The van der Waals surface area contributed by atoms with E-state index in [1.165, 1.54) is 12.1 Å². The highest BCUT2D eigenvalue weighted by molar-refractivity contribution is 7.53. The zero-order valence-electron chi connectivity index (χ0n) is 14.1. The van der Waals surface area contributed by atoms with Crippen LogP contribution in [0.5, 0.6) is 0 Å². The topological polar surface area (TPSA) is 48.0 Å². The Labute approximate surface area is 145 Å².